The van der Waals surface area contributed by atoms with Crippen LogP contribution in [0.5, 0.6) is 11.5 Å². The van der Waals surface area contributed by atoms with Crippen LogP contribution in [0.15, 0.2) is 18.2 Å². The molecule has 1 aromatic rings. The highest BCUT2D eigenvalue weighted by molar-refractivity contribution is 5.85. The first-order chi connectivity index (χ1) is 7.17. The van der Waals surface area contributed by atoms with Gasteiger partial charge in [-0.25, -0.2) is 0 Å². The van der Waals surface area contributed by atoms with E-state index in [0.717, 1.165) is 24.5 Å². The third kappa shape index (κ3) is 4.29. The summed E-state index contributed by atoms with van der Waals surface area (Å²) in [7, 11) is 7.45. The number of benzene rings is 1. The lowest BCUT2D eigenvalue weighted by Gasteiger charge is -2.12. The molecule has 0 aromatic heterocycles. The summed E-state index contributed by atoms with van der Waals surface area (Å²) >= 11 is 0. The molecule has 3 nitrogen and oxygen atoms in total. The van der Waals surface area contributed by atoms with Crippen molar-refractivity contribution in [2.45, 2.75) is 6.42 Å². The molecule has 0 amide bonds. The average molecular weight is 246 g/mol. The van der Waals surface area contributed by atoms with Crippen molar-refractivity contribution in [1.29, 1.82) is 0 Å². The van der Waals surface area contributed by atoms with Gasteiger partial charge >= 0.3 is 0 Å². The Morgan fingerprint density at radius 3 is 2.19 bits per heavy atom. The number of halogens is 1. The molecule has 0 atom stereocenters. The molecule has 4 heteroatoms. The first-order valence-electron chi connectivity index (χ1n) is 5.03. The third-order valence-corrected chi connectivity index (χ3v) is 2.30. The Kier molecular flexibility index (Phi) is 6.93. The number of hydrogen-bond acceptors (Lipinski definition) is 3. The summed E-state index contributed by atoms with van der Waals surface area (Å²) in [5.74, 6) is 1.58. The van der Waals surface area contributed by atoms with E-state index < -0.39 is 0 Å². The van der Waals surface area contributed by atoms with Crippen LogP contribution in [0.25, 0.3) is 0 Å². The van der Waals surface area contributed by atoms with Gasteiger partial charge < -0.3 is 14.4 Å². The molecule has 0 bridgehead atoms. The number of methoxy groups -OCH3 is 2. The van der Waals surface area contributed by atoms with Crippen molar-refractivity contribution in [3.63, 3.8) is 0 Å². The fourth-order valence-corrected chi connectivity index (χ4v) is 1.39. The molecule has 92 valence electrons. The Hall–Kier alpha value is -0.930. The van der Waals surface area contributed by atoms with E-state index >= 15 is 0 Å². The molecule has 0 aliphatic heterocycles. The van der Waals surface area contributed by atoms with Crippen LogP contribution in [0, 0.1) is 0 Å². The molecule has 0 unspecified atom stereocenters. The molecular weight excluding hydrogens is 226 g/mol. The third-order valence-electron chi connectivity index (χ3n) is 2.30. The van der Waals surface area contributed by atoms with Gasteiger partial charge in [0.05, 0.1) is 14.2 Å². The summed E-state index contributed by atoms with van der Waals surface area (Å²) in [5, 5.41) is 0. The summed E-state index contributed by atoms with van der Waals surface area (Å²) < 4.78 is 10.4. The van der Waals surface area contributed by atoms with Crippen LogP contribution >= 0.6 is 12.4 Å². The Bertz CT molecular complexity index is 316. The smallest absolute Gasteiger partial charge is 0.160 e. The van der Waals surface area contributed by atoms with Crippen LogP contribution in [0.4, 0.5) is 0 Å². The molecular formula is C12H20ClNO2. The molecule has 0 saturated carbocycles. The van der Waals surface area contributed by atoms with Gasteiger partial charge in [0.15, 0.2) is 11.5 Å². The van der Waals surface area contributed by atoms with Crippen molar-refractivity contribution in [2.24, 2.45) is 0 Å². The zero-order chi connectivity index (χ0) is 11.3. The predicted molar refractivity (Wildman–Crippen MR) is 69.1 cm³/mol. The predicted octanol–water partition coefficient (Wildman–Crippen LogP) is 2.23. The first-order valence-corrected chi connectivity index (χ1v) is 5.03. The molecule has 0 N–H and O–H groups in total. The topological polar surface area (TPSA) is 21.7 Å². The SMILES string of the molecule is COc1ccc(CCN(C)C)cc1OC.Cl. The molecule has 0 heterocycles. The van der Waals surface area contributed by atoms with Crippen LogP contribution in [0.1, 0.15) is 5.56 Å². The summed E-state index contributed by atoms with van der Waals surface area (Å²) in [6.45, 7) is 1.04. The molecule has 0 saturated heterocycles. The molecule has 0 spiro atoms. The highest BCUT2D eigenvalue weighted by atomic mass is 35.5. The molecule has 1 rings (SSSR count). The van der Waals surface area contributed by atoms with Crippen LogP contribution in [0.2, 0.25) is 0 Å². The Morgan fingerprint density at radius 2 is 1.69 bits per heavy atom. The minimum Gasteiger partial charge on any atom is -0.493 e. The van der Waals surface area contributed by atoms with E-state index in [1.807, 2.05) is 12.1 Å². The molecule has 0 aliphatic rings. The number of hydrogen-bond donors (Lipinski definition) is 0. The van der Waals surface area contributed by atoms with E-state index in [0.29, 0.717) is 0 Å². The number of nitrogens with zero attached hydrogens (tertiary/aromatic N) is 1. The van der Waals surface area contributed by atoms with Gasteiger partial charge in [0.1, 0.15) is 0 Å². The van der Waals surface area contributed by atoms with Crippen molar-refractivity contribution in [3.8, 4) is 11.5 Å². The van der Waals surface area contributed by atoms with E-state index in [2.05, 4.69) is 25.1 Å². The van der Waals surface area contributed by atoms with E-state index in [9.17, 15) is 0 Å². The second-order valence-corrected chi connectivity index (χ2v) is 3.74. The lowest BCUT2D eigenvalue weighted by atomic mass is 10.1. The fourth-order valence-electron chi connectivity index (χ4n) is 1.39. The second kappa shape index (κ2) is 7.36. The Balaban J connectivity index is 0.00000225. The average Bonchev–Trinajstić information content (AvgIpc) is 2.25. The summed E-state index contributed by atoms with van der Waals surface area (Å²) in [6.07, 6.45) is 1.02. The van der Waals surface area contributed by atoms with E-state index in [1.165, 1.54) is 5.56 Å². The van der Waals surface area contributed by atoms with Crippen LogP contribution < -0.4 is 9.47 Å². The number of rotatable bonds is 5. The monoisotopic (exact) mass is 245 g/mol. The summed E-state index contributed by atoms with van der Waals surface area (Å²) in [6, 6.07) is 6.05. The van der Waals surface area contributed by atoms with Gasteiger partial charge in [-0.1, -0.05) is 6.07 Å². The lowest BCUT2D eigenvalue weighted by Crippen LogP contribution is -2.15. The summed E-state index contributed by atoms with van der Waals surface area (Å²) in [4.78, 5) is 2.16. The van der Waals surface area contributed by atoms with Crippen molar-refractivity contribution < 1.29 is 9.47 Å². The zero-order valence-electron chi connectivity index (χ0n) is 10.3. The van der Waals surface area contributed by atoms with Crippen molar-refractivity contribution in [3.05, 3.63) is 23.8 Å². The van der Waals surface area contributed by atoms with Gasteiger partial charge in [-0.15, -0.1) is 12.4 Å². The molecule has 1 aromatic carbocycles. The largest absolute Gasteiger partial charge is 0.493 e. The van der Waals surface area contributed by atoms with Gasteiger partial charge in [-0.3, -0.25) is 0 Å². The highest BCUT2D eigenvalue weighted by Crippen LogP contribution is 2.27. The second-order valence-electron chi connectivity index (χ2n) is 3.74. The Morgan fingerprint density at radius 1 is 1.06 bits per heavy atom. The molecule has 0 aliphatic carbocycles. The quantitative estimate of drug-likeness (QED) is 0.794. The van der Waals surface area contributed by atoms with Crippen LogP contribution in [-0.4, -0.2) is 39.8 Å². The maximum atomic E-state index is 5.25. The van der Waals surface area contributed by atoms with E-state index in [4.69, 9.17) is 9.47 Å². The van der Waals surface area contributed by atoms with Crippen molar-refractivity contribution in [2.75, 3.05) is 34.9 Å². The molecule has 0 fully saturated rings. The Labute approximate surface area is 104 Å². The normalized spacial score (nSPS) is 9.81. The number of likely N-dealkylation sites (N-methyl/N-ethyl adjacent to an activating group) is 1. The molecule has 0 radical (unpaired) electrons. The first kappa shape index (κ1) is 15.1. The zero-order valence-corrected chi connectivity index (χ0v) is 11.1. The van der Waals surface area contributed by atoms with Gasteiger partial charge in [-0.2, -0.15) is 0 Å². The number of ether oxygens (including phenoxy) is 2. The van der Waals surface area contributed by atoms with Gasteiger partial charge in [0.25, 0.3) is 0 Å². The van der Waals surface area contributed by atoms with E-state index in [-0.39, 0.29) is 12.4 Å². The van der Waals surface area contributed by atoms with Crippen molar-refractivity contribution in [1.82, 2.24) is 4.90 Å². The van der Waals surface area contributed by atoms with Gasteiger partial charge in [0.2, 0.25) is 0 Å². The fraction of sp³-hybridized carbons (Fsp3) is 0.500. The van der Waals surface area contributed by atoms with Crippen molar-refractivity contribution >= 4 is 12.4 Å². The molecule has 16 heavy (non-hydrogen) atoms. The maximum Gasteiger partial charge on any atom is 0.160 e. The minimum absolute atomic E-state index is 0. The summed E-state index contributed by atoms with van der Waals surface area (Å²) in [5.41, 5.74) is 1.27. The van der Waals surface area contributed by atoms with E-state index in [1.54, 1.807) is 14.2 Å². The standard InChI is InChI=1S/C12H19NO2.ClH/c1-13(2)8-7-10-5-6-11(14-3)12(9-10)15-4;/h5-6,9H,7-8H2,1-4H3;1H. The minimum atomic E-state index is 0. The van der Waals surface area contributed by atoms with Crippen LogP contribution in [-0.2, 0) is 6.42 Å². The van der Waals surface area contributed by atoms with Crippen LogP contribution in [0.3, 0.4) is 0 Å². The highest BCUT2D eigenvalue weighted by Gasteiger charge is 2.04. The lowest BCUT2D eigenvalue weighted by molar-refractivity contribution is 0.354. The maximum absolute atomic E-state index is 5.25. The van der Waals surface area contributed by atoms with Gasteiger partial charge in [0, 0.05) is 6.54 Å². The van der Waals surface area contributed by atoms with Gasteiger partial charge in [-0.05, 0) is 38.2 Å².